The predicted octanol–water partition coefficient (Wildman–Crippen LogP) is 17.6. The average Bonchev–Trinajstić information content (AvgIpc) is 3.93. The lowest BCUT2D eigenvalue weighted by Crippen LogP contribution is -2.09. The van der Waals surface area contributed by atoms with E-state index in [4.69, 9.17) is 0 Å². The van der Waals surface area contributed by atoms with Crippen LogP contribution in [-0.4, -0.2) is 11.1 Å². The van der Waals surface area contributed by atoms with Gasteiger partial charge in [0.25, 0.3) is 0 Å². The fourth-order valence-electron chi connectivity index (χ4n) is 10.2. The van der Waals surface area contributed by atoms with Gasteiger partial charge in [0, 0.05) is 39.7 Å². The molecule has 2 aliphatic rings. The molecule has 336 valence electrons. The molecule has 0 saturated heterocycles. The van der Waals surface area contributed by atoms with Crippen LogP contribution in [0.3, 0.4) is 0 Å². The summed E-state index contributed by atoms with van der Waals surface area (Å²) in [5.74, 6) is -0.929. The van der Waals surface area contributed by atoms with E-state index >= 15 is 0 Å². The Bertz CT molecular complexity index is 3420. The average molecular weight is 911 g/mol. The van der Waals surface area contributed by atoms with Crippen molar-refractivity contribution in [2.45, 2.75) is 0 Å². The van der Waals surface area contributed by atoms with Gasteiger partial charge in [-0.1, -0.05) is 182 Å². The maximum Gasteiger partial charge on any atom is 0.336 e. The van der Waals surface area contributed by atoms with E-state index < -0.39 is 5.97 Å². The molecule has 1 N–H and O–H groups in total. The normalized spacial score (nSPS) is 12.2. The summed E-state index contributed by atoms with van der Waals surface area (Å²) in [6.07, 6.45) is 8.73. The van der Waals surface area contributed by atoms with Gasteiger partial charge in [-0.25, -0.2) is 4.79 Å². The number of fused-ring (bicyclic) bond motifs is 6. The second-order valence-corrected chi connectivity index (χ2v) is 17.8. The zero-order chi connectivity index (χ0) is 47.7. The second-order valence-electron chi connectivity index (χ2n) is 17.8. The highest BCUT2D eigenvalue weighted by molar-refractivity contribution is 6.21. The van der Waals surface area contributed by atoms with Crippen LogP contribution in [-0.2, 0) is 0 Å². The van der Waals surface area contributed by atoms with Crippen LogP contribution in [0.15, 0.2) is 249 Å². The monoisotopic (exact) mass is 910 g/mol. The smallest absolute Gasteiger partial charge is 0.336 e. The Labute approximate surface area is 414 Å². The molecular weight excluding hydrogens is 865 g/mol. The van der Waals surface area contributed by atoms with Gasteiger partial charge in [0.15, 0.2) is 0 Å². The lowest BCUT2D eigenvalue weighted by molar-refractivity contribution is 0.0697. The van der Waals surface area contributed by atoms with Crippen LogP contribution >= 0.6 is 0 Å². The first-order valence-electron chi connectivity index (χ1n) is 23.9. The Kier molecular flexibility index (Phi) is 11.2. The molecule has 0 unspecified atom stereocenters. The maximum absolute atomic E-state index is 12.7. The molecule has 0 saturated carbocycles. The number of hydrogen-bond acceptors (Lipinski definition) is 3. The van der Waals surface area contributed by atoms with Gasteiger partial charge < -0.3 is 14.9 Å². The van der Waals surface area contributed by atoms with Gasteiger partial charge in [0.2, 0.25) is 0 Å². The van der Waals surface area contributed by atoms with Crippen molar-refractivity contribution in [3.05, 3.63) is 299 Å². The van der Waals surface area contributed by atoms with Gasteiger partial charge in [-0.2, -0.15) is 0 Å². The molecule has 10 aromatic rings. The van der Waals surface area contributed by atoms with E-state index in [1.54, 1.807) is 6.07 Å². The number of carboxylic acid groups (broad SMARTS) is 1. The molecule has 0 atom stereocenters. The third-order valence-corrected chi connectivity index (χ3v) is 13.5. The SMILES string of the molecule is O=C(O)c1cccc2c1-c1ccccc1C2=C1c2ccc(/C=C/c3ccc(N(c4ccccc4)c4ccccc4)cc3)cc2-c2cc(/C=C/c3ccc(N(c4ccccc4)c4ccccc4)cc3)ccc21. The zero-order valence-electron chi connectivity index (χ0n) is 38.7. The Balaban J connectivity index is 0.915. The summed E-state index contributed by atoms with van der Waals surface area (Å²) < 4.78 is 0. The van der Waals surface area contributed by atoms with Crippen molar-refractivity contribution in [3.8, 4) is 22.3 Å². The van der Waals surface area contributed by atoms with Crippen molar-refractivity contribution in [3.63, 3.8) is 0 Å². The number of nitrogens with zero attached hydrogens (tertiary/aromatic N) is 2. The van der Waals surface area contributed by atoms with E-state index in [-0.39, 0.29) is 0 Å². The predicted molar refractivity (Wildman–Crippen MR) is 296 cm³/mol. The van der Waals surface area contributed by atoms with Crippen molar-refractivity contribution in [2.75, 3.05) is 9.80 Å². The first-order chi connectivity index (χ1) is 35.1. The molecule has 0 amide bonds. The Morgan fingerprint density at radius 1 is 0.296 bits per heavy atom. The number of anilines is 6. The molecule has 12 rings (SSSR count). The molecule has 4 nitrogen and oxygen atoms in total. The summed E-state index contributed by atoms with van der Waals surface area (Å²) in [5.41, 5.74) is 21.7. The summed E-state index contributed by atoms with van der Waals surface area (Å²) in [7, 11) is 0. The van der Waals surface area contributed by atoms with Crippen molar-refractivity contribution in [1.29, 1.82) is 0 Å². The molecule has 71 heavy (non-hydrogen) atoms. The Morgan fingerprint density at radius 3 is 1.04 bits per heavy atom. The van der Waals surface area contributed by atoms with Gasteiger partial charge in [0.05, 0.1) is 5.56 Å². The van der Waals surface area contributed by atoms with Gasteiger partial charge in [-0.05, 0) is 163 Å². The third kappa shape index (κ3) is 8.14. The number of benzene rings is 10. The minimum Gasteiger partial charge on any atom is -0.478 e. The van der Waals surface area contributed by atoms with Crippen molar-refractivity contribution in [1.82, 2.24) is 0 Å². The number of para-hydroxylation sites is 4. The quantitative estimate of drug-likeness (QED) is 0.131. The van der Waals surface area contributed by atoms with Crippen molar-refractivity contribution >= 4 is 75.5 Å². The highest BCUT2D eigenvalue weighted by Crippen LogP contribution is 2.55. The van der Waals surface area contributed by atoms with Crippen LogP contribution in [0.4, 0.5) is 34.1 Å². The molecule has 0 radical (unpaired) electrons. The molecule has 0 fully saturated rings. The summed E-state index contributed by atoms with van der Waals surface area (Å²) >= 11 is 0. The first-order valence-corrected chi connectivity index (χ1v) is 23.9. The van der Waals surface area contributed by atoms with Crippen molar-refractivity contribution < 1.29 is 9.90 Å². The van der Waals surface area contributed by atoms with Crippen LogP contribution in [0.5, 0.6) is 0 Å². The Morgan fingerprint density at radius 2 is 0.620 bits per heavy atom. The number of aromatic carboxylic acids is 1. The summed E-state index contributed by atoms with van der Waals surface area (Å²) in [4.78, 5) is 17.2. The molecule has 0 bridgehead atoms. The number of rotatable bonds is 11. The third-order valence-electron chi connectivity index (χ3n) is 13.5. The minimum absolute atomic E-state index is 0.312. The molecule has 2 aliphatic carbocycles. The fraction of sp³-hybridized carbons (Fsp3) is 0. The number of carbonyl (C=O) groups is 1. The Hall–Kier alpha value is -9.51. The lowest BCUT2D eigenvalue weighted by atomic mass is 9.91. The van der Waals surface area contributed by atoms with Crippen LogP contribution in [0.1, 0.15) is 54.9 Å². The molecular formula is C67H46N2O2. The van der Waals surface area contributed by atoms with E-state index in [2.05, 4.69) is 228 Å². The fourth-order valence-corrected chi connectivity index (χ4v) is 10.2. The largest absolute Gasteiger partial charge is 0.478 e. The van der Waals surface area contributed by atoms with E-state index in [0.29, 0.717) is 5.56 Å². The number of carboxylic acids is 1. The van der Waals surface area contributed by atoms with Crippen LogP contribution in [0, 0.1) is 0 Å². The van der Waals surface area contributed by atoms with E-state index in [1.807, 2.05) is 48.5 Å². The van der Waals surface area contributed by atoms with Crippen LogP contribution in [0.2, 0.25) is 0 Å². The standard InChI is InChI=1S/C67H46N2O2/c70-67(71)61-27-15-26-60-64(61)56-24-13-14-25-57(56)66(60)65-58-42-36-48(30-28-46-32-38-54(39-33-46)68(50-16-5-1-6-17-50)51-18-7-2-8-19-51)44-62(58)63-45-49(37-43-59(63)65)31-29-47-34-40-55(41-35-47)69(52-20-9-3-10-21-52)53-22-11-4-12-23-53/h1-45H,(H,70,71)/b30-28+,31-29+. The second kappa shape index (κ2) is 18.5. The summed E-state index contributed by atoms with van der Waals surface area (Å²) in [6.45, 7) is 0. The number of hydrogen-bond donors (Lipinski definition) is 1. The van der Waals surface area contributed by atoms with E-state index in [9.17, 15) is 9.90 Å². The van der Waals surface area contributed by atoms with Gasteiger partial charge >= 0.3 is 5.97 Å². The van der Waals surface area contributed by atoms with Crippen LogP contribution in [0.25, 0.3) is 57.7 Å². The van der Waals surface area contributed by atoms with Crippen molar-refractivity contribution in [2.24, 2.45) is 0 Å². The molecule has 0 aromatic heterocycles. The van der Waals surface area contributed by atoms with Crippen LogP contribution < -0.4 is 9.80 Å². The highest BCUT2D eigenvalue weighted by atomic mass is 16.4. The van der Waals surface area contributed by atoms with Gasteiger partial charge in [0.1, 0.15) is 0 Å². The van der Waals surface area contributed by atoms with Gasteiger partial charge in [-0.15, -0.1) is 0 Å². The zero-order valence-corrected chi connectivity index (χ0v) is 38.7. The van der Waals surface area contributed by atoms with Gasteiger partial charge in [-0.3, -0.25) is 0 Å². The maximum atomic E-state index is 12.7. The molecule has 10 aromatic carbocycles. The van der Waals surface area contributed by atoms with E-state index in [0.717, 1.165) is 112 Å². The highest BCUT2D eigenvalue weighted by Gasteiger charge is 2.34. The molecule has 4 heteroatoms. The topological polar surface area (TPSA) is 43.8 Å². The summed E-state index contributed by atoms with van der Waals surface area (Å²) in [6, 6.07) is 86.6. The molecule has 0 aliphatic heterocycles. The lowest BCUT2D eigenvalue weighted by Gasteiger charge is -2.25. The van der Waals surface area contributed by atoms with E-state index in [1.165, 1.54) is 0 Å². The minimum atomic E-state index is -0.929. The first kappa shape index (κ1) is 42.8. The summed E-state index contributed by atoms with van der Waals surface area (Å²) in [5, 5.41) is 10.4. The molecule has 0 spiro atoms. The molecule has 0 heterocycles.